The van der Waals surface area contributed by atoms with Gasteiger partial charge in [-0.2, -0.15) is 10.4 Å². The molecule has 1 N–H and O–H groups in total. The fraction of sp³-hybridized carbons (Fsp3) is 0.267. The van der Waals surface area contributed by atoms with Gasteiger partial charge in [-0.05, 0) is 37.1 Å². The summed E-state index contributed by atoms with van der Waals surface area (Å²) in [5, 5.41) is 20.5. The molecule has 1 aliphatic rings. The molecule has 0 fully saturated rings. The van der Waals surface area contributed by atoms with Crippen LogP contribution in [0.25, 0.3) is 0 Å². The number of aromatic nitrogens is 2. The van der Waals surface area contributed by atoms with E-state index in [-0.39, 0.29) is 6.79 Å². The summed E-state index contributed by atoms with van der Waals surface area (Å²) in [6, 6.07) is 7.90. The molecule has 0 atom stereocenters. The minimum atomic E-state index is 0.257. The zero-order valence-corrected chi connectivity index (χ0v) is 11.8. The van der Waals surface area contributed by atoms with E-state index in [1.165, 1.54) is 0 Å². The maximum atomic E-state index is 9.25. The zero-order chi connectivity index (χ0) is 14.8. The molecule has 21 heavy (non-hydrogen) atoms. The number of anilines is 1. The van der Waals surface area contributed by atoms with E-state index >= 15 is 0 Å². The predicted octanol–water partition coefficient (Wildman–Crippen LogP) is 2.31. The third-order valence-corrected chi connectivity index (χ3v) is 3.46. The summed E-state index contributed by atoms with van der Waals surface area (Å²) >= 11 is 0. The molecule has 1 aliphatic heterocycles. The highest BCUT2D eigenvalue weighted by atomic mass is 16.7. The Hall–Kier alpha value is -2.81. The summed E-state index contributed by atoms with van der Waals surface area (Å²) in [5.41, 5.74) is 3.16. The van der Waals surface area contributed by atoms with E-state index in [0.717, 1.165) is 28.3 Å². The fourth-order valence-electron chi connectivity index (χ4n) is 2.11. The molecule has 6 nitrogen and oxygen atoms in total. The Morgan fingerprint density at radius 3 is 2.86 bits per heavy atom. The first-order chi connectivity index (χ1) is 10.2. The monoisotopic (exact) mass is 282 g/mol. The van der Waals surface area contributed by atoms with Crippen LogP contribution in [0, 0.1) is 25.2 Å². The number of nitriles is 1. The molecule has 3 rings (SSSR count). The molecule has 0 radical (unpaired) electrons. The lowest BCUT2D eigenvalue weighted by molar-refractivity contribution is 0.174. The van der Waals surface area contributed by atoms with Crippen LogP contribution in [-0.4, -0.2) is 17.0 Å². The molecule has 106 valence electrons. The number of aryl methyl sites for hydroxylation is 1. The highest BCUT2D eigenvalue weighted by Gasteiger charge is 2.14. The standard InChI is InChI=1S/C15H14N4O2/c1-9-10(2)18-19-15(12(9)6-16)17-7-11-3-4-13-14(5-11)21-8-20-13/h3-5H,7-8H2,1-2H3,(H,17,19). The van der Waals surface area contributed by atoms with Gasteiger partial charge in [0.2, 0.25) is 6.79 Å². The fourth-order valence-corrected chi connectivity index (χ4v) is 2.11. The van der Waals surface area contributed by atoms with Gasteiger partial charge < -0.3 is 14.8 Å². The molecular formula is C15H14N4O2. The Kier molecular flexibility index (Phi) is 3.32. The third kappa shape index (κ3) is 2.46. The largest absolute Gasteiger partial charge is 0.454 e. The molecular weight excluding hydrogens is 268 g/mol. The van der Waals surface area contributed by atoms with Crippen LogP contribution < -0.4 is 14.8 Å². The van der Waals surface area contributed by atoms with Gasteiger partial charge in [-0.1, -0.05) is 6.07 Å². The molecule has 0 unspecified atom stereocenters. The van der Waals surface area contributed by atoms with Crippen molar-refractivity contribution in [3.63, 3.8) is 0 Å². The molecule has 0 saturated heterocycles. The second kappa shape index (κ2) is 5.29. The number of ether oxygens (including phenoxy) is 2. The van der Waals surface area contributed by atoms with E-state index < -0.39 is 0 Å². The van der Waals surface area contributed by atoms with E-state index in [2.05, 4.69) is 21.6 Å². The number of fused-ring (bicyclic) bond motifs is 1. The lowest BCUT2D eigenvalue weighted by atomic mass is 10.1. The first-order valence-electron chi connectivity index (χ1n) is 6.55. The van der Waals surface area contributed by atoms with Gasteiger partial charge in [-0.25, -0.2) is 0 Å². The number of benzene rings is 1. The minimum Gasteiger partial charge on any atom is -0.454 e. The van der Waals surface area contributed by atoms with Crippen molar-refractivity contribution in [3.8, 4) is 17.6 Å². The summed E-state index contributed by atoms with van der Waals surface area (Å²) in [5.74, 6) is 1.99. The van der Waals surface area contributed by atoms with E-state index in [1.807, 2.05) is 32.0 Å². The first-order valence-corrected chi connectivity index (χ1v) is 6.55. The molecule has 0 aliphatic carbocycles. The smallest absolute Gasteiger partial charge is 0.231 e. The van der Waals surface area contributed by atoms with Crippen molar-refractivity contribution >= 4 is 5.82 Å². The summed E-state index contributed by atoms with van der Waals surface area (Å²) in [7, 11) is 0. The summed E-state index contributed by atoms with van der Waals surface area (Å²) in [6.45, 7) is 4.50. The van der Waals surface area contributed by atoms with E-state index in [1.54, 1.807) is 0 Å². The molecule has 0 spiro atoms. The van der Waals surface area contributed by atoms with Gasteiger partial charge in [0.15, 0.2) is 17.3 Å². The summed E-state index contributed by atoms with van der Waals surface area (Å²) < 4.78 is 10.6. The Labute approximate surface area is 122 Å². The maximum Gasteiger partial charge on any atom is 0.231 e. The highest BCUT2D eigenvalue weighted by Crippen LogP contribution is 2.32. The van der Waals surface area contributed by atoms with Crippen LogP contribution in [0.3, 0.4) is 0 Å². The Bertz CT molecular complexity index is 737. The van der Waals surface area contributed by atoms with Gasteiger partial charge in [-0.15, -0.1) is 5.10 Å². The highest BCUT2D eigenvalue weighted by molar-refractivity contribution is 5.56. The van der Waals surface area contributed by atoms with Crippen LogP contribution in [0.4, 0.5) is 5.82 Å². The molecule has 2 aromatic rings. The molecule has 6 heteroatoms. The normalized spacial score (nSPS) is 12.0. The van der Waals surface area contributed by atoms with Gasteiger partial charge >= 0.3 is 0 Å². The Morgan fingerprint density at radius 2 is 2.05 bits per heavy atom. The number of nitrogens with one attached hydrogen (secondary N) is 1. The van der Waals surface area contributed by atoms with Gasteiger partial charge in [0, 0.05) is 6.54 Å². The van der Waals surface area contributed by atoms with Crippen molar-refractivity contribution in [1.82, 2.24) is 10.2 Å². The lowest BCUT2D eigenvalue weighted by Gasteiger charge is -2.10. The van der Waals surface area contributed by atoms with Crippen LogP contribution in [0.15, 0.2) is 18.2 Å². The SMILES string of the molecule is Cc1nnc(NCc2ccc3c(c2)OCO3)c(C#N)c1C. The Morgan fingerprint density at radius 1 is 1.24 bits per heavy atom. The number of hydrogen-bond donors (Lipinski definition) is 1. The zero-order valence-electron chi connectivity index (χ0n) is 11.8. The molecule has 0 amide bonds. The summed E-state index contributed by atoms with van der Waals surface area (Å²) in [4.78, 5) is 0. The topological polar surface area (TPSA) is 80.1 Å². The lowest BCUT2D eigenvalue weighted by Crippen LogP contribution is -2.07. The van der Waals surface area contributed by atoms with E-state index in [4.69, 9.17) is 9.47 Å². The summed E-state index contributed by atoms with van der Waals surface area (Å²) in [6.07, 6.45) is 0. The van der Waals surface area contributed by atoms with Crippen molar-refractivity contribution in [2.45, 2.75) is 20.4 Å². The molecule has 0 saturated carbocycles. The van der Waals surface area contributed by atoms with Gasteiger partial charge in [-0.3, -0.25) is 0 Å². The number of hydrogen-bond acceptors (Lipinski definition) is 6. The average molecular weight is 282 g/mol. The van der Waals surface area contributed by atoms with Crippen molar-refractivity contribution < 1.29 is 9.47 Å². The quantitative estimate of drug-likeness (QED) is 0.930. The van der Waals surface area contributed by atoms with Crippen molar-refractivity contribution in [2.75, 3.05) is 12.1 Å². The molecule has 0 bridgehead atoms. The average Bonchev–Trinajstić information content (AvgIpc) is 2.96. The number of rotatable bonds is 3. The van der Waals surface area contributed by atoms with Gasteiger partial charge in [0.1, 0.15) is 11.6 Å². The van der Waals surface area contributed by atoms with Crippen LogP contribution in [-0.2, 0) is 6.54 Å². The van der Waals surface area contributed by atoms with E-state index in [9.17, 15) is 5.26 Å². The first kappa shape index (κ1) is 13.2. The van der Waals surface area contributed by atoms with Crippen molar-refractivity contribution in [2.24, 2.45) is 0 Å². The second-order valence-electron chi connectivity index (χ2n) is 4.79. The van der Waals surface area contributed by atoms with E-state index in [0.29, 0.717) is 17.9 Å². The maximum absolute atomic E-state index is 9.25. The Balaban J connectivity index is 1.79. The molecule has 1 aromatic carbocycles. The van der Waals surface area contributed by atoms with Crippen LogP contribution >= 0.6 is 0 Å². The van der Waals surface area contributed by atoms with Gasteiger partial charge in [0.25, 0.3) is 0 Å². The number of nitrogens with zero attached hydrogens (tertiary/aromatic N) is 3. The van der Waals surface area contributed by atoms with Crippen molar-refractivity contribution in [3.05, 3.63) is 40.6 Å². The molecule has 2 heterocycles. The van der Waals surface area contributed by atoms with Crippen LogP contribution in [0.2, 0.25) is 0 Å². The second-order valence-corrected chi connectivity index (χ2v) is 4.79. The molecule has 1 aromatic heterocycles. The van der Waals surface area contributed by atoms with Crippen LogP contribution in [0.1, 0.15) is 22.4 Å². The predicted molar refractivity (Wildman–Crippen MR) is 76.1 cm³/mol. The minimum absolute atomic E-state index is 0.257. The van der Waals surface area contributed by atoms with Gasteiger partial charge in [0.05, 0.1) is 5.69 Å². The third-order valence-electron chi connectivity index (χ3n) is 3.46. The van der Waals surface area contributed by atoms with Crippen LogP contribution in [0.5, 0.6) is 11.5 Å². The van der Waals surface area contributed by atoms with Crippen molar-refractivity contribution in [1.29, 1.82) is 5.26 Å².